The van der Waals surface area contributed by atoms with E-state index in [0.717, 1.165) is 18.6 Å². The molecule has 0 radical (unpaired) electrons. The average molecular weight is 365 g/mol. The van der Waals surface area contributed by atoms with Crippen molar-refractivity contribution in [2.24, 2.45) is 0 Å². The molecule has 1 N–H and O–H groups in total. The summed E-state index contributed by atoms with van der Waals surface area (Å²) >= 11 is 0. The Morgan fingerprint density at radius 2 is 1.89 bits per heavy atom. The zero-order valence-electron chi connectivity index (χ0n) is 14.8. The molecule has 0 bridgehead atoms. The van der Waals surface area contributed by atoms with Gasteiger partial charge in [0.25, 0.3) is 5.91 Å². The summed E-state index contributed by atoms with van der Waals surface area (Å²) in [5.41, 5.74) is 1.62. The molecule has 1 fully saturated rings. The van der Waals surface area contributed by atoms with Gasteiger partial charge in [-0.15, -0.1) is 0 Å². The van der Waals surface area contributed by atoms with Crippen LogP contribution < -0.4 is 10.1 Å². The quantitative estimate of drug-likeness (QED) is 0.720. The predicted molar refractivity (Wildman–Crippen MR) is 101 cm³/mol. The molecule has 0 saturated heterocycles. The highest BCUT2D eigenvalue weighted by Crippen LogP contribution is 2.26. The third kappa shape index (κ3) is 4.16. The van der Waals surface area contributed by atoms with Crippen LogP contribution in [0.25, 0.3) is 5.69 Å². The highest BCUT2D eigenvalue weighted by molar-refractivity contribution is 6.02. The Morgan fingerprint density at radius 1 is 1.11 bits per heavy atom. The maximum atomic E-state index is 13.0. The second kappa shape index (κ2) is 7.61. The van der Waals surface area contributed by atoms with Crippen LogP contribution >= 0.6 is 0 Å². The first-order valence-corrected chi connectivity index (χ1v) is 9.07. The lowest BCUT2D eigenvalue weighted by Gasteiger charge is -2.14. The summed E-state index contributed by atoms with van der Waals surface area (Å²) in [6.45, 7) is 0. The molecule has 0 atom stereocenters. The van der Waals surface area contributed by atoms with Crippen molar-refractivity contribution in [2.75, 3.05) is 5.32 Å². The van der Waals surface area contributed by atoms with E-state index >= 15 is 0 Å². The van der Waals surface area contributed by atoms with E-state index in [1.807, 2.05) is 24.3 Å². The molecule has 0 unspecified atom stereocenters. The molecule has 5 nitrogen and oxygen atoms in total. The van der Waals surface area contributed by atoms with Crippen LogP contribution in [0.15, 0.2) is 60.8 Å². The molecule has 0 aliphatic heterocycles. The van der Waals surface area contributed by atoms with Gasteiger partial charge in [-0.25, -0.2) is 9.07 Å². The smallest absolute Gasteiger partial charge is 0.276 e. The van der Waals surface area contributed by atoms with Gasteiger partial charge in [0.05, 0.1) is 11.8 Å². The fourth-order valence-electron chi connectivity index (χ4n) is 3.22. The Kier molecular flexibility index (Phi) is 4.87. The lowest BCUT2D eigenvalue weighted by Crippen LogP contribution is -2.14. The van der Waals surface area contributed by atoms with Crippen molar-refractivity contribution in [2.45, 2.75) is 31.8 Å². The summed E-state index contributed by atoms with van der Waals surface area (Å²) in [6.07, 6.45) is 6.51. The van der Waals surface area contributed by atoms with E-state index in [2.05, 4.69) is 10.4 Å². The molecule has 27 heavy (non-hydrogen) atoms. The van der Waals surface area contributed by atoms with Gasteiger partial charge in [0.15, 0.2) is 5.69 Å². The van der Waals surface area contributed by atoms with Crippen molar-refractivity contribution in [1.29, 1.82) is 0 Å². The third-order valence-electron chi connectivity index (χ3n) is 4.61. The van der Waals surface area contributed by atoms with Crippen LogP contribution in [0.1, 0.15) is 36.2 Å². The molecule has 1 heterocycles. The molecule has 6 heteroatoms. The van der Waals surface area contributed by atoms with Crippen LogP contribution in [0.5, 0.6) is 5.75 Å². The van der Waals surface area contributed by atoms with Crippen molar-refractivity contribution in [3.8, 4) is 11.4 Å². The molecule has 0 spiro atoms. The summed E-state index contributed by atoms with van der Waals surface area (Å²) in [6, 6.07) is 14.9. The molecule has 1 aromatic heterocycles. The first-order chi connectivity index (χ1) is 13.2. The Labute approximate surface area is 156 Å². The van der Waals surface area contributed by atoms with E-state index in [1.165, 1.54) is 29.7 Å². The van der Waals surface area contributed by atoms with Gasteiger partial charge in [0, 0.05) is 18.0 Å². The Morgan fingerprint density at radius 3 is 2.67 bits per heavy atom. The van der Waals surface area contributed by atoms with Crippen molar-refractivity contribution in [3.05, 3.63) is 72.3 Å². The molecular weight excluding hydrogens is 345 g/mol. The minimum absolute atomic E-state index is 0.266. The van der Waals surface area contributed by atoms with Crippen LogP contribution in [0.2, 0.25) is 0 Å². The minimum Gasteiger partial charge on any atom is -0.490 e. The van der Waals surface area contributed by atoms with E-state index in [9.17, 15) is 9.18 Å². The van der Waals surface area contributed by atoms with E-state index in [4.69, 9.17) is 4.74 Å². The van der Waals surface area contributed by atoms with Gasteiger partial charge in [0.1, 0.15) is 11.6 Å². The van der Waals surface area contributed by atoms with E-state index in [1.54, 1.807) is 24.4 Å². The van der Waals surface area contributed by atoms with Gasteiger partial charge >= 0.3 is 0 Å². The Balaban J connectivity index is 1.44. The van der Waals surface area contributed by atoms with Crippen LogP contribution in [0.4, 0.5) is 10.1 Å². The fraction of sp³-hybridized carbons (Fsp3) is 0.238. The maximum absolute atomic E-state index is 13.0. The van der Waals surface area contributed by atoms with Gasteiger partial charge in [-0.2, -0.15) is 5.10 Å². The van der Waals surface area contributed by atoms with Crippen molar-refractivity contribution in [3.63, 3.8) is 0 Å². The number of nitrogens with one attached hydrogen (secondary N) is 1. The standard InChI is InChI=1S/C21H20FN3O2/c22-15-8-10-17(11-9-15)25-13-12-20(24-25)21(26)23-16-4-3-7-19(14-16)27-18-5-1-2-6-18/h3-4,7-14,18H,1-2,5-6H2,(H,23,26). The number of hydrogen-bond donors (Lipinski definition) is 1. The van der Waals surface area contributed by atoms with Crippen LogP contribution in [0.3, 0.4) is 0 Å². The highest BCUT2D eigenvalue weighted by Gasteiger charge is 2.17. The SMILES string of the molecule is O=C(Nc1cccc(OC2CCCC2)c1)c1ccn(-c2ccc(F)cc2)n1. The van der Waals surface area contributed by atoms with Gasteiger partial charge in [-0.1, -0.05) is 6.07 Å². The number of carbonyl (C=O) groups is 1. The van der Waals surface area contributed by atoms with Gasteiger partial charge in [0.2, 0.25) is 0 Å². The monoisotopic (exact) mass is 365 g/mol. The molecular formula is C21H20FN3O2. The van der Waals surface area contributed by atoms with Crippen molar-refractivity contribution >= 4 is 11.6 Å². The van der Waals surface area contributed by atoms with Gasteiger partial charge < -0.3 is 10.1 Å². The van der Waals surface area contributed by atoms with Crippen molar-refractivity contribution in [1.82, 2.24) is 9.78 Å². The summed E-state index contributed by atoms with van der Waals surface area (Å²) in [7, 11) is 0. The second-order valence-corrected chi connectivity index (χ2v) is 6.63. The Hall–Kier alpha value is -3.15. The third-order valence-corrected chi connectivity index (χ3v) is 4.61. The predicted octanol–water partition coefficient (Wildman–Crippen LogP) is 4.59. The number of nitrogens with zero attached hydrogens (tertiary/aromatic N) is 2. The van der Waals surface area contributed by atoms with Crippen LogP contribution in [0, 0.1) is 5.82 Å². The average Bonchev–Trinajstić information content (AvgIpc) is 3.35. The number of benzene rings is 2. The van der Waals surface area contributed by atoms with Crippen LogP contribution in [-0.4, -0.2) is 21.8 Å². The molecule has 1 aliphatic carbocycles. The van der Waals surface area contributed by atoms with Gasteiger partial charge in [-0.05, 0) is 68.1 Å². The van der Waals surface area contributed by atoms with Crippen LogP contribution in [-0.2, 0) is 0 Å². The minimum atomic E-state index is -0.316. The van der Waals surface area contributed by atoms with E-state index in [-0.39, 0.29) is 23.5 Å². The van der Waals surface area contributed by atoms with Gasteiger partial charge in [-0.3, -0.25) is 4.79 Å². The molecule has 2 aromatic carbocycles. The molecule has 3 aromatic rings. The molecule has 138 valence electrons. The summed E-state index contributed by atoms with van der Waals surface area (Å²) in [4.78, 5) is 12.5. The highest BCUT2D eigenvalue weighted by atomic mass is 19.1. The largest absolute Gasteiger partial charge is 0.490 e. The lowest BCUT2D eigenvalue weighted by molar-refractivity contribution is 0.102. The summed E-state index contributed by atoms with van der Waals surface area (Å²) in [5, 5.41) is 7.11. The number of rotatable bonds is 5. The number of carbonyl (C=O) groups excluding carboxylic acids is 1. The normalized spacial score (nSPS) is 14.3. The van der Waals surface area contributed by atoms with Crippen molar-refractivity contribution < 1.29 is 13.9 Å². The number of halogens is 1. The number of amides is 1. The molecule has 1 saturated carbocycles. The molecule has 1 aliphatic rings. The second-order valence-electron chi connectivity index (χ2n) is 6.63. The summed E-state index contributed by atoms with van der Waals surface area (Å²) < 4.78 is 20.5. The fourth-order valence-corrected chi connectivity index (χ4v) is 3.22. The Bertz CT molecular complexity index is 931. The molecule has 1 amide bonds. The first-order valence-electron chi connectivity index (χ1n) is 9.07. The van der Waals surface area contributed by atoms with E-state index < -0.39 is 0 Å². The number of anilines is 1. The number of aromatic nitrogens is 2. The zero-order chi connectivity index (χ0) is 18.6. The first kappa shape index (κ1) is 17.3. The zero-order valence-corrected chi connectivity index (χ0v) is 14.8. The topological polar surface area (TPSA) is 56.1 Å². The lowest BCUT2D eigenvalue weighted by atomic mass is 10.2. The molecule has 4 rings (SSSR count). The maximum Gasteiger partial charge on any atom is 0.276 e. The summed E-state index contributed by atoms with van der Waals surface area (Å²) in [5.74, 6) is 0.133. The van der Waals surface area contributed by atoms with E-state index in [0.29, 0.717) is 11.4 Å². The number of hydrogen-bond acceptors (Lipinski definition) is 3. The number of ether oxygens (including phenoxy) is 1.